The number of benzene rings is 1. The van der Waals surface area contributed by atoms with E-state index in [-0.39, 0.29) is 24.3 Å². The van der Waals surface area contributed by atoms with Crippen LogP contribution >= 0.6 is 24.0 Å². The van der Waals surface area contributed by atoms with E-state index < -0.39 is 0 Å². The Balaban J connectivity index is 0.00000225. The molecule has 0 saturated carbocycles. The highest BCUT2D eigenvalue weighted by atomic mass is 35.5. The predicted molar refractivity (Wildman–Crippen MR) is 110 cm³/mol. The number of hydrogen-bond donors (Lipinski definition) is 3. The molecule has 1 fully saturated rings. The van der Waals surface area contributed by atoms with E-state index in [9.17, 15) is 0 Å². The molecule has 3 heterocycles. The molecule has 0 bridgehead atoms. The molecule has 1 saturated heterocycles. The average molecular weight is 420 g/mol. The SMILES string of the molecule is Cl.N=C(N)N1CC[C@@H](c2nc(-c3ccc(Nc4ccccc4Cl)nc3)no2)C1. The number of halogens is 2. The van der Waals surface area contributed by atoms with Crippen molar-refractivity contribution in [1.82, 2.24) is 20.0 Å². The molecule has 4 N–H and O–H groups in total. The van der Waals surface area contributed by atoms with Crippen molar-refractivity contribution in [2.75, 3.05) is 18.4 Å². The van der Waals surface area contributed by atoms with Crippen LogP contribution in [0.25, 0.3) is 11.4 Å². The van der Waals surface area contributed by atoms with Gasteiger partial charge in [-0.25, -0.2) is 4.98 Å². The Morgan fingerprint density at radius 3 is 2.79 bits per heavy atom. The van der Waals surface area contributed by atoms with Gasteiger partial charge in [0.1, 0.15) is 5.82 Å². The van der Waals surface area contributed by atoms with Crippen molar-refractivity contribution in [3.05, 3.63) is 53.5 Å². The Bertz CT molecular complexity index is 961. The molecule has 8 nitrogen and oxygen atoms in total. The van der Waals surface area contributed by atoms with Crippen LogP contribution in [0, 0.1) is 5.41 Å². The third-order valence-electron chi connectivity index (χ3n) is 4.48. The highest BCUT2D eigenvalue weighted by molar-refractivity contribution is 6.33. The van der Waals surface area contributed by atoms with Gasteiger partial charge in [-0.1, -0.05) is 28.9 Å². The van der Waals surface area contributed by atoms with Gasteiger partial charge in [-0.05, 0) is 30.7 Å². The summed E-state index contributed by atoms with van der Waals surface area (Å²) < 4.78 is 5.41. The summed E-state index contributed by atoms with van der Waals surface area (Å²) in [5, 5.41) is 15.4. The monoisotopic (exact) mass is 419 g/mol. The fourth-order valence-electron chi connectivity index (χ4n) is 3.00. The smallest absolute Gasteiger partial charge is 0.231 e. The van der Waals surface area contributed by atoms with Crippen molar-refractivity contribution in [3.8, 4) is 11.4 Å². The van der Waals surface area contributed by atoms with Crippen LogP contribution in [0.1, 0.15) is 18.2 Å². The number of hydrogen-bond acceptors (Lipinski definition) is 6. The lowest BCUT2D eigenvalue weighted by Crippen LogP contribution is -2.34. The number of rotatable bonds is 4. The third kappa shape index (κ3) is 4.18. The highest BCUT2D eigenvalue weighted by Gasteiger charge is 2.29. The number of nitrogens with one attached hydrogen (secondary N) is 2. The third-order valence-corrected chi connectivity index (χ3v) is 4.81. The van der Waals surface area contributed by atoms with Crippen LogP contribution in [-0.4, -0.2) is 39.1 Å². The van der Waals surface area contributed by atoms with Crippen LogP contribution < -0.4 is 11.1 Å². The summed E-state index contributed by atoms with van der Waals surface area (Å²) in [5.74, 6) is 1.88. The zero-order chi connectivity index (χ0) is 18.8. The molecule has 3 aromatic rings. The molecule has 0 aliphatic carbocycles. The molecule has 4 rings (SSSR count). The van der Waals surface area contributed by atoms with Crippen molar-refractivity contribution in [2.24, 2.45) is 5.73 Å². The molecule has 146 valence electrons. The lowest BCUT2D eigenvalue weighted by Gasteiger charge is -2.14. The van der Waals surface area contributed by atoms with Crippen LogP contribution in [0.3, 0.4) is 0 Å². The number of anilines is 2. The molecular weight excluding hydrogens is 401 g/mol. The van der Waals surface area contributed by atoms with Gasteiger partial charge in [-0.3, -0.25) is 5.41 Å². The summed E-state index contributed by atoms with van der Waals surface area (Å²) in [6.07, 6.45) is 2.52. The van der Waals surface area contributed by atoms with E-state index in [1.54, 1.807) is 11.1 Å². The molecule has 0 amide bonds. The van der Waals surface area contributed by atoms with Gasteiger partial charge in [0.25, 0.3) is 0 Å². The molecule has 10 heteroatoms. The van der Waals surface area contributed by atoms with Gasteiger partial charge in [-0.15, -0.1) is 12.4 Å². The van der Waals surface area contributed by atoms with Crippen LogP contribution in [-0.2, 0) is 0 Å². The van der Waals surface area contributed by atoms with Crippen molar-refractivity contribution in [3.63, 3.8) is 0 Å². The average Bonchev–Trinajstić information content (AvgIpc) is 3.34. The summed E-state index contributed by atoms with van der Waals surface area (Å²) in [5.41, 5.74) is 7.08. The summed E-state index contributed by atoms with van der Waals surface area (Å²) in [6, 6.07) is 11.2. The number of likely N-dealkylation sites (tertiary alicyclic amines) is 1. The zero-order valence-electron chi connectivity index (χ0n) is 14.8. The highest BCUT2D eigenvalue weighted by Crippen LogP contribution is 2.28. The molecule has 0 unspecified atom stereocenters. The molecule has 28 heavy (non-hydrogen) atoms. The first-order valence-corrected chi connectivity index (χ1v) is 8.88. The van der Waals surface area contributed by atoms with Gasteiger partial charge in [0.15, 0.2) is 5.96 Å². The quantitative estimate of drug-likeness (QED) is 0.436. The van der Waals surface area contributed by atoms with Crippen LogP contribution in [0.2, 0.25) is 5.02 Å². The van der Waals surface area contributed by atoms with E-state index in [0.29, 0.717) is 29.1 Å². The fraction of sp³-hybridized carbons (Fsp3) is 0.222. The van der Waals surface area contributed by atoms with E-state index in [0.717, 1.165) is 24.2 Å². The second-order valence-corrected chi connectivity index (χ2v) is 6.72. The van der Waals surface area contributed by atoms with E-state index in [1.807, 2.05) is 36.4 Å². The predicted octanol–water partition coefficient (Wildman–Crippen LogP) is 3.63. The lowest BCUT2D eigenvalue weighted by molar-refractivity contribution is 0.354. The van der Waals surface area contributed by atoms with Gasteiger partial charge in [0.05, 0.1) is 16.6 Å². The molecule has 1 aliphatic rings. The number of nitrogens with two attached hydrogens (primary N) is 1. The maximum absolute atomic E-state index is 7.51. The number of guanidine groups is 1. The standard InChI is InChI=1S/C18H18ClN7O.ClH/c19-13-3-1-2-4-14(13)23-15-6-5-11(9-22-15)16-24-17(27-25-16)12-7-8-26(10-12)18(20)21;/h1-6,9,12H,7-8,10H2,(H3,20,21)(H,22,23);1H/t12-;/m1./s1. The summed E-state index contributed by atoms with van der Waals surface area (Å²) in [6.45, 7) is 1.34. The van der Waals surface area contributed by atoms with Gasteiger partial charge in [0, 0.05) is 24.8 Å². The van der Waals surface area contributed by atoms with Crippen molar-refractivity contribution in [1.29, 1.82) is 5.41 Å². The Labute approximate surface area is 173 Å². The summed E-state index contributed by atoms with van der Waals surface area (Å²) >= 11 is 6.15. The Morgan fingerprint density at radius 2 is 2.11 bits per heavy atom. The van der Waals surface area contributed by atoms with Gasteiger partial charge < -0.3 is 20.5 Å². The molecule has 1 atom stereocenters. The minimum absolute atomic E-state index is 0. The van der Waals surface area contributed by atoms with Crippen molar-refractivity contribution < 1.29 is 4.52 Å². The topological polar surface area (TPSA) is 117 Å². The summed E-state index contributed by atoms with van der Waals surface area (Å²) in [7, 11) is 0. The minimum Gasteiger partial charge on any atom is -0.370 e. The molecule has 1 aliphatic heterocycles. The maximum Gasteiger partial charge on any atom is 0.231 e. The first kappa shape index (κ1) is 19.9. The number of pyridine rings is 1. The van der Waals surface area contributed by atoms with E-state index in [4.69, 9.17) is 27.3 Å². The maximum atomic E-state index is 7.51. The second kappa shape index (κ2) is 8.45. The normalized spacial score (nSPS) is 15.9. The van der Waals surface area contributed by atoms with E-state index in [2.05, 4.69) is 20.4 Å². The number of nitrogens with zero attached hydrogens (tertiary/aromatic N) is 4. The number of aromatic nitrogens is 3. The fourth-order valence-corrected chi connectivity index (χ4v) is 3.18. The van der Waals surface area contributed by atoms with Crippen molar-refractivity contribution >= 4 is 41.5 Å². The number of para-hydroxylation sites is 1. The largest absolute Gasteiger partial charge is 0.370 e. The van der Waals surface area contributed by atoms with Crippen LogP contribution in [0.15, 0.2) is 47.1 Å². The minimum atomic E-state index is 0. The van der Waals surface area contributed by atoms with E-state index >= 15 is 0 Å². The Kier molecular flexibility index (Phi) is 6.01. The molecular formula is C18H19Cl2N7O. The van der Waals surface area contributed by atoms with Crippen molar-refractivity contribution in [2.45, 2.75) is 12.3 Å². The second-order valence-electron chi connectivity index (χ2n) is 6.31. The lowest BCUT2D eigenvalue weighted by atomic mass is 10.1. The van der Waals surface area contributed by atoms with E-state index in [1.165, 1.54) is 0 Å². The zero-order valence-corrected chi connectivity index (χ0v) is 16.4. The van der Waals surface area contributed by atoms with Gasteiger partial charge >= 0.3 is 0 Å². The van der Waals surface area contributed by atoms with Gasteiger partial charge in [0.2, 0.25) is 11.7 Å². The van der Waals surface area contributed by atoms with Crippen LogP contribution in [0.4, 0.5) is 11.5 Å². The molecule has 0 spiro atoms. The Hall–Kier alpha value is -2.84. The molecule has 1 aromatic carbocycles. The molecule has 0 radical (unpaired) electrons. The Morgan fingerprint density at radius 1 is 1.29 bits per heavy atom. The first-order valence-electron chi connectivity index (χ1n) is 8.50. The summed E-state index contributed by atoms with van der Waals surface area (Å²) in [4.78, 5) is 10.7. The van der Waals surface area contributed by atoms with Crippen LogP contribution in [0.5, 0.6) is 0 Å². The van der Waals surface area contributed by atoms with Gasteiger partial charge in [-0.2, -0.15) is 4.98 Å². The first-order chi connectivity index (χ1) is 13.1. The molecule has 2 aromatic heterocycles.